The Balaban J connectivity index is 1.75. The molecule has 26 heavy (non-hydrogen) atoms. The first kappa shape index (κ1) is 16.3. The number of anilines is 1. The summed E-state index contributed by atoms with van der Waals surface area (Å²) < 4.78 is 0. The summed E-state index contributed by atoms with van der Waals surface area (Å²) in [6.45, 7) is 2.00. The van der Waals surface area contributed by atoms with Gasteiger partial charge in [0.2, 0.25) is 0 Å². The number of phenols is 2. The molecule has 0 aliphatic carbocycles. The van der Waals surface area contributed by atoms with Gasteiger partial charge in [-0.05, 0) is 43.4 Å². The number of nitrogens with zero attached hydrogens (tertiary/aromatic N) is 4. The van der Waals surface area contributed by atoms with Crippen LogP contribution < -0.4 is 4.90 Å². The van der Waals surface area contributed by atoms with Crippen LogP contribution in [-0.2, 0) is 12.8 Å². The second-order valence-corrected chi connectivity index (χ2v) is 6.55. The standard InChI is InChI=1S/C18H18N4O4/c23-16-6-5-12(22(25)26)10-14(16)19-20-15-9-11-3-1-7-21-8-2-4-13(17(11)21)18(15)24/h5-6,9-10,23-24H,1-4,7-8H2. The van der Waals surface area contributed by atoms with E-state index in [4.69, 9.17) is 0 Å². The Morgan fingerprint density at radius 1 is 1.04 bits per heavy atom. The van der Waals surface area contributed by atoms with E-state index in [-0.39, 0.29) is 22.9 Å². The minimum Gasteiger partial charge on any atom is -0.506 e. The second kappa shape index (κ2) is 6.29. The average molecular weight is 354 g/mol. The molecule has 8 heteroatoms. The molecule has 0 fully saturated rings. The van der Waals surface area contributed by atoms with Gasteiger partial charge in [-0.3, -0.25) is 10.1 Å². The van der Waals surface area contributed by atoms with E-state index in [2.05, 4.69) is 15.1 Å². The fourth-order valence-corrected chi connectivity index (χ4v) is 3.72. The molecule has 2 N–H and O–H groups in total. The van der Waals surface area contributed by atoms with Crippen molar-refractivity contribution in [1.29, 1.82) is 0 Å². The number of non-ortho nitro benzene ring substituents is 1. The molecule has 0 aromatic heterocycles. The summed E-state index contributed by atoms with van der Waals surface area (Å²) in [5.41, 5.74) is 3.29. The topological polar surface area (TPSA) is 112 Å². The molecule has 4 rings (SSSR count). The number of hydrogen-bond acceptors (Lipinski definition) is 7. The van der Waals surface area contributed by atoms with Crippen LogP contribution in [-0.4, -0.2) is 28.2 Å². The summed E-state index contributed by atoms with van der Waals surface area (Å²) in [6, 6.07) is 5.38. The van der Waals surface area contributed by atoms with Crippen LogP contribution in [0.2, 0.25) is 0 Å². The first-order chi connectivity index (χ1) is 12.5. The predicted molar refractivity (Wildman–Crippen MR) is 95.9 cm³/mol. The van der Waals surface area contributed by atoms with Crippen molar-refractivity contribution in [3.8, 4) is 11.5 Å². The van der Waals surface area contributed by atoms with E-state index in [0.29, 0.717) is 5.69 Å². The van der Waals surface area contributed by atoms with E-state index in [9.17, 15) is 20.3 Å². The van der Waals surface area contributed by atoms with Gasteiger partial charge in [0.1, 0.15) is 22.9 Å². The monoisotopic (exact) mass is 354 g/mol. The summed E-state index contributed by atoms with van der Waals surface area (Å²) >= 11 is 0. The molecule has 0 radical (unpaired) electrons. The lowest BCUT2D eigenvalue weighted by atomic mass is 9.90. The molecule has 0 amide bonds. The zero-order chi connectivity index (χ0) is 18.3. The normalized spacial score (nSPS) is 15.9. The lowest BCUT2D eigenvalue weighted by Gasteiger charge is -2.37. The lowest BCUT2D eigenvalue weighted by molar-refractivity contribution is -0.384. The molecule has 0 atom stereocenters. The van der Waals surface area contributed by atoms with Crippen molar-refractivity contribution in [3.05, 3.63) is 45.5 Å². The average Bonchev–Trinajstić information content (AvgIpc) is 2.64. The fraction of sp³-hybridized carbons (Fsp3) is 0.333. The zero-order valence-corrected chi connectivity index (χ0v) is 14.1. The number of azo groups is 1. The predicted octanol–water partition coefficient (Wildman–Crippen LogP) is 4.12. The molecule has 0 unspecified atom stereocenters. The van der Waals surface area contributed by atoms with Gasteiger partial charge in [0.25, 0.3) is 5.69 Å². The Hall–Kier alpha value is -3.16. The van der Waals surface area contributed by atoms with Gasteiger partial charge in [0.05, 0.1) is 4.92 Å². The molecule has 2 aliphatic heterocycles. The highest BCUT2D eigenvalue weighted by Crippen LogP contribution is 2.45. The largest absolute Gasteiger partial charge is 0.506 e. The van der Waals surface area contributed by atoms with Gasteiger partial charge in [-0.15, -0.1) is 10.2 Å². The van der Waals surface area contributed by atoms with Crippen LogP contribution in [0.25, 0.3) is 0 Å². The molecule has 2 aromatic rings. The second-order valence-electron chi connectivity index (χ2n) is 6.55. The number of benzene rings is 2. The highest BCUT2D eigenvalue weighted by Gasteiger charge is 2.27. The van der Waals surface area contributed by atoms with E-state index in [1.165, 1.54) is 12.1 Å². The number of nitro groups is 1. The van der Waals surface area contributed by atoms with Gasteiger partial charge >= 0.3 is 0 Å². The van der Waals surface area contributed by atoms with Crippen molar-refractivity contribution < 1.29 is 15.1 Å². The van der Waals surface area contributed by atoms with Gasteiger partial charge in [0, 0.05) is 36.5 Å². The van der Waals surface area contributed by atoms with Crippen LogP contribution in [0, 0.1) is 10.1 Å². The van der Waals surface area contributed by atoms with Crippen molar-refractivity contribution in [2.24, 2.45) is 10.2 Å². The summed E-state index contributed by atoms with van der Waals surface area (Å²) in [7, 11) is 0. The molecular formula is C18H18N4O4. The summed E-state index contributed by atoms with van der Waals surface area (Å²) in [5.74, 6) is -0.103. The molecule has 2 aromatic carbocycles. The van der Waals surface area contributed by atoms with Crippen LogP contribution >= 0.6 is 0 Å². The molecule has 0 spiro atoms. The number of aromatic hydroxyl groups is 2. The van der Waals surface area contributed by atoms with Crippen molar-refractivity contribution in [3.63, 3.8) is 0 Å². The quantitative estimate of drug-likeness (QED) is 0.489. The molecule has 2 aliphatic rings. The maximum Gasteiger partial charge on any atom is 0.271 e. The minimum absolute atomic E-state index is 0.00779. The third-order valence-corrected chi connectivity index (χ3v) is 4.91. The maximum absolute atomic E-state index is 10.9. The molecular weight excluding hydrogens is 336 g/mol. The van der Waals surface area contributed by atoms with Crippen molar-refractivity contribution in [1.82, 2.24) is 0 Å². The summed E-state index contributed by atoms with van der Waals surface area (Å²) in [4.78, 5) is 12.6. The van der Waals surface area contributed by atoms with Gasteiger partial charge in [-0.1, -0.05) is 0 Å². The van der Waals surface area contributed by atoms with Crippen LogP contribution in [0.1, 0.15) is 24.0 Å². The zero-order valence-electron chi connectivity index (χ0n) is 14.1. The van der Waals surface area contributed by atoms with Gasteiger partial charge in [0.15, 0.2) is 0 Å². The SMILES string of the molecule is O=[N+]([O-])c1ccc(O)c(N=Nc2cc3c4c(c2O)CCCN4CCC3)c1. The van der Waals surface area contributed by atoms with Crippen molar-refractivity contribution in [2.75, 3.05) is 18.0 Å². The van der Waals surface area contributed by atoms with Crippen LogP contribution in [0.15, 0.2) is 34.5 Å². The Kier molecular flexibility index (Phi) is 3.95. The van der Waals surface area contributed by atoms with E-state index in [0.717, 1.165) is 61.7 Å². The van der Waals surface area contributed by atoms with Crippen LogP contribution in [0.4, 0.5) is 22.7 Å². The highest BCUT2D eigenvalue weighted by atomic mass is 16.6. The molecule has 0 saturated heterocycles. The molecule has 134 valence electrons. The van der Waals surface area contributed by atoms with E-state index < -0.39 is 4.92 Å². The third kappa shape index (κ3) is 2.73. The van der Waals surface area contributed by atoms with Gasteiger partial charge < -0.3 is 15.1 Å². The summed E-state index contributed by atoms with van der Waals surface area (Å²) in [5, 5.41) is 39.4. The number of phenolic OH excluding ortho intramolecular Hbond substituents is 2. The van der Waals surface area contributed by atoms with E-state index in [1.54, 1.807) is 0 Å². The first-order valence-corrected chi connectivity index (χ1v) is 8.56. The number of nitro benzene ring substituents is 1. The van der Waals surface area contributed by atoms with Crippen LogP contribution in [0.5, 0.6) is 11.5 Å². The van der Waals surface area contributed by atoms with Crippen molar-refractivity contribution >= 4 is 22.7 Å². The maximum atomic E-state index is 10.9. The lowest BCUT2D eigenvalue weighted by Crippen LogP contribution is -2.34. The Morgan fingerprint density at radius 3 is 2.54 bits per heavy atom. The van der Waals surface area contributed by atoms with Crippen molar-refractivity contribution in [2.45, 2.75) is 25.7 Å². The summed E-state index contributed by atoms with van der Waals surface area (Å²) in [6.07, 6.45) is 3.74. The minimum atomic E-state index is -0.562. The van der Waals surface area contributed by atoms with E-state index in [1.807, 2.05) is 6.07 Å². The number of hydrogen-bond donors (Lipinski definition) is 2. The molecule has 8 nitrogen and oxygen atoms in total. The fourth-order valence-electron chi connectivity index (χ4n) is 3.72. The van der Waals surface area contributed by atoms with Gasteiger partial charge in [-0.25, -0.2) is 0 Å². The smallest absolute Gasteiger partial charge is 0.271 e. The van der Waals surface area contributed by atoms with Crippen LogP contribution in [0.3, 0.4) is 0 Å². The number of rotatable bonds is 3. The number of aryl methyl sites for hydroxylation is 1. The Labute approximate surface area is 149 Å². The first-order valence-electron chi connectivity index (χ1n) is 8.56. The Morgan fingerprint density at radius 2 is 1.77 bits per heavy atom. The third-order valence-electron chi connectivity index (χ3n) is 4.91. The van der Waals surface area contributed by atoms with Gasteiger partial charge in [-0.2, -0.15) is 0 Å². The molecule has 0 saturated carbocycles. The van der Waals surface area contributed by atoms with E-state index >= 15 is 0 Å². The molecule has 0 bridgehead atoms. The Bertz CT molecular complexity index is 924. The molecule has 2 heterocycles. The highest BCUT2D eigenvalue weighted by molar-refractivity contribution is 5.74.